The van der Waals surface area contributed by atoms with Gasteiger partial charge >= 0.3 is 0 Å². The van der Waals surface area contributed by atoms with E-state index >= 15 is 0 Å². The van der Waals surface area contributed by atoms with Crippen molar-refractivity contribution in [2.75, 3.05) is 0 Å². The van der Waals surface area contributed by atoms with E-state index in [-0.39, 0.29) is 0 Å². The van der Waals surface area contributed by atoms with Crippen LogP contribution in [0.15, 0.2) is 22.7 Å². The van der Waals surface area contributed by atoms with Crippen LogP contribution in [0.25, 0.3) is 0 Å². The van der Waals surface area contributed by atoms with E-state index in [1.807, 2.05) is 12.1 Å². The molecule has 0 aliphatic heterocycles. The molecule has 0 amide bonds. The summed E-state index contributed by atoms with van der Waals surface area (Å²) in [6.07, 6.45) is 2.53. The fraction of sp³-hybridized carbons (Fsp3) is 0.300. The monoisotopic (exact) mass is 225 g/mol. The summed E-state index contributed by atoms with van der Waals surface area (Å²) in [5.41, 5.74) is 2.23. The molecule has 0 atom stereocenters. The van der Waals surface area contributed by atoms with Crippen molar-refractivity contribution >= 4 is 15.9 Å². The molecule has 63 valence electrons. The average Bonchev–Trinajstić information content (AvgIpc) is 2.87. The first-order valence-corrected chi connectivity index (χ1v) is 4.87. The summed E-state index contributed by atoms with van der Waals surface area (Å²) in [6.45, 7) is 1.19. The van der Waals surface area contributed by atoms with Gasteiger partial charge in [-0.3, -0.25) is 0 Å². The van der Waals surface area contributed by atoms with Gasteiger partial charge in [-0.25, -0.2) is 0 Å². The number of aliphatic hydroxyl groups is 1. The Morgan fingerprint density at radius 3 is 2.75 bits per heavy atom. The topological polar surface area (TPSA) is 20.2 Å². The van der Waals surface area contributed by atoms with Crippen LogP contribution in [-0.4, -0.2) is 5.11 Å². The van der Waals surface area contributed by atoms with Crippen LogP contribution in [-0.2, 0) is 0 Å². The Hall–Kier alpha value is -0.340. The summed E-state index contributed by atoms with van der Waals surface area (Å²) >= 11 is 3.38. The Balaban J connectivity index is 2.38. The lowest BCUT2D eigenvalue weighted by atomic mass is 10.0. The molecule has 0 unspecified atom stereocenters. The molecule has 1 aliphatic carbocycles. The minimum Gasteiger partial charge on any atom is -0.385 e. The molecule has 12 heavy (non-hydrogen) atoms. The molecule has 2 rings (SSSR count). The minimum atomic E-state index is 0.691. The third kappa shape index (κ3) is 1.54. The van der Waals surface area contributed by atoms with Crippen LogP contribution < -0.4 is 0 Å². The van der Waals surface area contributed by atoms with Gasteiger partial charge in [0.2, 0.25) is 0 Å². The molecule has 0 heterocycles. The maximum atomic E-state index is 8.97. The van der Waals surface area contributed by atoms with Crippen molar-refractivity contribution in [3.05, 3.63) is 40.4 Å². The van der Waals surface area contributed by atoms with Gasteiger partial charge in [0.05, 0.1) is 0 Å². The van der Waals surface area contributed by atoms with E-state index in [0.717, 1.165) is 10.0 Å². The Labute approximate surface area is 80.5 Å². The third-order valence-corrected chi connectivity index (χ3v) is 2.70. The van der Waals surface area contributed by atoms with Gasteiger partial charge in [0, 0.05) is 4.47 Å². The number of halogens is 1. The molecule has 1 aromatic rings. The highest BCUT2D eigenvalue weighted by Crippen LogP contribution is 2.42. The van der Waals surface area contributed by atoms with Crippen molar-refractivity contribution < 1.29 is 5.11 Å². The number of benzene rings is 1. The summed E-state index contributed by atoms with van der Waals surface area (Å²) in [5.74, 6) is 0.691. The smallest absolute Gasteiger partial charge is 0.109 e. The lowest BCUT2D eigenvalue weighted by Gasteiger charge is -2.05. The largest absolute Gasteiger partial charge is 0.385 e. The van der Waals surface area contributed by atoms with Crippen LogP contribution in [0.2, 0.25) is 0 Å². The second-order valence-corrected chi connectivity index (χ2v) is 4.09. The van der Waals surface area contributed by atoms with Gasteiger partial charge in [0.1, 0.15) is 6.61 Å². The molecule has 1 saturated carbocycles. The second kappa shape index (κ2) is 3.19. The highest BCUT2D eigenvalue weighted by molar-refractivity contribution is 9.10. The van der Waals surface area contributed by atoms with Crippen molar-refractivity contribution in [2.24, 2.45) is 0 Å². The van der Waals surface area contributed by atoms with Crippen molar-refractivity contribution in [2.45, 2.75) is 18.8 Å². The summed E-state index contributed by atoms with van der Waals surface area (Å²) < 4.78 is 1.02. The van der Waals surface area contributed by atoms with Crippen molar-refractivity contribution in [3.63, 3.8) is 0 Å². The molecule has 1 aliphatic rings. The highest BCUT2D eigenvalue weighted by atomic mass is 79.9. The standard InChI is InChI=1S/C10H10BrO/c11-9-3-4-10(7-1-2-7)8(5-9)6-12/h3-7,12H,1-2H2. The summed E-state index contributed by atoms with van der Waals surface area (Å²) in [6, 6.07) is 6.07. The van der Waals surface area contributed by atoms with Crippen LogP contribution in [0, 0.1) is 6.61 Å². The maximum Gasteiger partial charge on any atom is 0.109 e. The van der Waals surface area contributed by atoms with E-state index in [1.165, 1.54) is 25.0 Å². The maximum absolute atomic E-state index is 8.97. The summed E-state index contributed by atoms with van der Waals surface area (Å²) in [7, 11) is 0. The molecule has 0 saturated heterocycles. The van der Waals surface area contributed by atoms with E-state index < -0.39 is 0 Å². The molecule has 0 aromatic heterocycles. The van der Waals surface area contributed by atoms with Crippen LogP contribution in [0.1, 0.15) is 29.9 Å². The summed E-state index contributed by atoms with van der Waals surface area (Å²) in [4.78, 5) is 0. The van der Waals surface area contributed by atoms with Crippen LogP contribution in [0.5, 0.6) is 0 Å². The van der Waals surface area contributed by atoms with Crippen LogP contribution in [0.4, 0.5) is 0 Å². The average molecular weight is 226 g/mol. The first-order valence-electron chi connectivity index (χ1n) is 4.08. The van der Waals surface area contributed by atoms with Crippen molar-refractivity contribution in [1.29, 1.82) is 0 Å². The summed E-state index contributed by atoms with van der Waals surface area (Å²) in [5, 5.41) is 8.97. The first kappa shape index (κ1) is 8.27. The zero-order valence-electron chi connectivity index (χ0n) is 6.63. The Morgan fingerprint density at radius 2 is 2.17 bits per heavy atom. The molecule has 1 radical (unpaired) electrons. The molecule has 1 aromatic carbocycles. The molecule has 1 fully saturated rings. The van der Waals surface area contributed by atoms with E-state index in [1.54, 1.807) is 0 Å². The molecule has 1 nitrogen and oxygen atoms in total. The molecular formula is C10H10BrO. The first-order chi connectivity index (χ1) is 5.81. The number of aliphatic hydroxyl groups excluding tert-OH is 1. The number of hydrogen-bond acceptors (Lipinski definition) is 1. The van der Waals surface area contributed by atoms with Gasteiger partial charge in [0.15, 0.2) is 0 Å². The predicted octanol–water partition coefficient (Wildman–Crippen LogP) is 3.21. The highest BCUT2D eigenvalue weighted by Gasteiger charge is 2.25. The van der Waals surface area contributed by atoms with Crippen LogP contribution >= 0.6 is 15.9 Å². The van der Waals surface area contributed by atoms with Gasteiger partial charge in [0.25, 0.3) is 0 Å². The lowest BCUT2D eigenvalue weighted by Crippen LogP contribution is -1.89. The van der Waals surface area contributed by atoms with Gasteiger partial charge in [-0.15, -0.1) is 0 Å². The van der Waals surface area contributed by atoms with E-state index in [9.17, 15) is 0 Å². The third-order valence-electron chi connectivity index (χ3n) is 2.21. The fourth-order valence-corrected chi connectivity index (χ4v) is 1.80. The fourth-order valence-electron chi connectivity index (χ4n) is 1.42. The Morgan fingerprint density at radius 1 is 1.42 bits per heavy atom. The zero-order chi connectivity index (χ0) is 8.55. The van der Waals surface area contributed by atoms with Crippen LogP contribution in [0.3, 0.4) is 0 Å². The number of rotatable bonds is 2. The minimum absolute atomic E-state index is 0.691. The van der Waals surface area contributed by atoms with Gasteiger partial charge in [-0.2, -0.15) is 0 Å². The SMILES string of the molecule is O[CH]c1cc(Br)ccc1C1CC1. The van der Waals surface area contributed by atoms with E-state index in [2.05, 4.69) is 22.0 Å². The molecule has 0 spiro atoms. The van der Waals surface area contributed by atoms with Gasteiger partial charge in [-0.05, 0) is 42.0 Å². The zero-order valence-corrected chi connectivity index (χ0v) is 8.21. The molecule has 1 N–H and O–H groups in total. The quantitative estimate of drug-likeness (QED) is 0.820. The number of hydrogen-bond donors (Lipinski definition) is 1. The predicted molar refractivity (Wildman–Crippen MR) is 51.5 cm³/mol. The van der Waals surface area contributed by atoms with Crippen molar-refractivity contribution in [1.82, 2.24) is 0 Å². The molecule has 2 heteroatoms. The van der Waals surface area contributed by atoms with E-state index in [4.69, 9.17) is 5.11 Å². The Kier molecular flexibility index (Phi) is 2.20. The normalized spacial score (nSPS) is 16.5. The molecule has 0 bridgehead atoms. The Bertz CT molecular complexity index is 292. The second-order valence-electron chi connectivity index (χ2n) is 3.18. The van der Waals surface area contributed by atoms with Crippen molar-refractivity contribution in [3.8, 4) is 0 Å². The van der Waals surface area contributed by atoms with Gasteiger partial charge < -0.3 is 5.11 Å². The van der Waals surface area contributed by atoms with Gasteiger partial charge in [-0.1, -0.05) is 22.0 Å². The lowest BCUT2D eigenvalue weighted by molar-refractivity contribution is 0.413. The van der Waals surface area contributed by atoms with E-state index in [0.29, 0.717) is 5.92 Å². The molecular weight excluding hydrogens is 216 g/mol.